The molecule has 5 nitrogen and oxygen atoms in total. The molecule has 28 heavy (non-hydrogen) atoms. The Bertz CT molecular complexity index is 950. The third-order valence-corrected chi connectivity index (χ3v) is 4.75. The number of para-hydroxylation sites is 1. The molecule has 0 atom stereocenters. The molecule has 0 bridgehead atoms. The number of nitrogens with zero attached hydrogens (tertiary/aromatic N) is 1. The fraction of sp³-hybridized carbons (Fsp3) is 0.273. The molecular weight excluding hydrogens is 357 g/mol. The van der Waals surface area contributed by atoms with Crippen LogP contribution in [0.4, 0.5) is 4.39 Å². The summed E-state index contributed by atoms with van der Waals surface area (Å²) in [4.78, 5) is 28.9. The van der Waals surface area contributed by atoms with Gasteiger partial charge in [-0.3, -0.25) is 9.59 Å². The van der Waals surface area contributed by atoms with Crippen LogP contribution in [0.15, 0.2) is 54.7 Å². The zero-order valence-electron chi connectivity index (χ0n) is 15.9. The lowest BCUT2D eigenvalue weighted by atomic mass is 10.1. The third-order valence-electron chi connectivity index (χ3n) is 4.75. The first kappa shape index (κ1) is 19.6. The van der Waals surface area contributed by atoms with E-state index in [1.54, 1.807) is 17.0 Å². The van der Waals surface area contributed by atoms with Crippen LogP contribution in [0.3, 0.4) is 0 Å². The Morgan fingerprint density at radius 2 is 1.82 bits per heavy atom. The number of carbonyl (C=O) groups excluding carboxylic acids is 2. The summed E-state index contributed by atoms with van der Waals surface area (Å²) in [6, 6.07) is 13.9. The molecule has 3 rings (SSSR count). The van der Waals surface area contributed by atoms with Crippen LogP contribution in [0.25, 0.3) is 10.9 Å². The Labute approximate surface area is 163 Å². The summed E-state index contributed by atoms with van der Waals surface area (Å²) in [5.74, 6) is -0.490. The van der Waals surface area contributed by atoms with Crippen molar-refractivity contribution in [2.45, 2.75) is 19.8 Å². The number of carbonyl (C=O) groups is 2. The standard InChI is InChI=1S/C22H24FN3O2/c1-16(27)26(12-10-18-15-25-21-5-3-2-4-20(18)21)13-11-24-22(28)14-17-6-8-19(23)9-7-17/h2-9,15,25H,10-14H2,1H3,(H,24,28). The average Bonchev–Trinajstić information content (AvgIpc) is 3.09. The number of H-pyrrole nitrogens is 1. The number of halogens is 1. The normalized spacial score (nSPS) is 10.8. The maximum absolute atomic E-state index is 12.9. The summed E-state index contributed by atoms with van der Waals surface area (Å²) in [7, 11) is 0. The van der Waals surface area contributed by atoms with Crippen LogP contribution in [-0.2, 0) is 22.4 Å². The van der Waals surface area contributed by atoms with Gasteiger partial charge in [0.1, 0.15) is 5.82 Å². The summed E-state index contributed by atoms with van der Waals surface area (Å²) in [6.07, 6.45) is 2.91. The molecule has 2 N–H and O–H groups in total. The maximum atomic E-state index is 12.9. The van der Waals surface area contributed by atoms with Crippen molar-refractivity contribution in [1.29, 1.82) is 0 Å². The molecule has 6 heteroatoms. The average molecular weight is 381 g/mol. The Kier molecular flexibility index (Phi) is 6.42. The molecule has 0 saturated carbocycles. The van der Waals surface area contributed by atoms with Crippen LogP contribution in [0.2, 0.25) is 0 Å². The fourth-order valence-electron chi connectivity index (χ4n) is 3.20. The van der Waals surface area contributed by atoms with E-state index >= 15 is 0 Å². The van der Waals surface area contributed by atoms with Gasteiger partial charge in [-0.2, -0.15) is 0 Å². The molecule has 146 valence electrons. The minimum absolute atomic E-state index is 0.0207. The number of benzene rings is 2. The molecule has 0 aliphatic rings. The lowest BCUT2D eigenvalue weighted by molar-refractivity contribution is -0.129. The summed E-state index contributed by atoms with van der Waals surface area (Å²) in [6.45, 7) is 2.96. The molecule has 2 amide bonds. The first-order valence-electron chi connectivity index (χ1n) is 9.34. The van der Waals surface area contributed by atoms with Gasteiger partial charge >= 0.3 is 0 Å². The number of rotatable bonds is 8. The second-order valence-corrected chi connectivity index (χ2v) is 6.77. The van der Waals surface area contributed by atoms with E-state index in [-0.39, 0.29) is 24.1 Å². The van der Waals surface area contributed by atoms with E-state index in [0.29, 0.717) is 19.6 Å². The van der Waals surface area contributed by atoms with Crippen molar-refractivity contribution in [2.75, 3.05) is 19.6 Å². The second-order valence-electron chi connectivity index (χ2n) is 6.77. The van der Waals surface area contributed by atoms with Crippen molar-refractivity contribution in [3.63, 3.8) is 0 Å². The molecule has 0 fully saturated rings. The van der Waals surface area contributed by atoms with E-state index in [1.807, 2.05) is 24.4 Å². The number of fused-ring (bicyclic) bond motifs is 1. The molecular formula is C22H24FN3O2. The largest absolute Gasteiger partial charge is 0.361 e. The van der Waals surface area contributed by atoms with Crippen LogP contribution in [0.1, 0.15) is 18.1 Å². The highest BCUT2D eigenvalue weighted by molar-refractivity contribution is 5.83. The minimum atomic E-state index is -0.323. The highest BCUT2D eigenvalue weighted by Crippen LogP contribution is 2.18. The molecule has 0 spiro atoms. The Morgan fingerprint density at radius 1 is 1.07 bits per heavy atom. The van der Waals surface area contributed by atoms with Gasteiger partial charge < -0.3 is 15.2 Å². The van der Waals surface area contributed by atoms with E-state index in [9.17, 15) is 14.0 Å². The predicted molar refractivity (Wildman–Crippen MR) is 107 cm³/mol. The Morgan fingerprint density at radius 3 is 2.57 bits per heavy atom. The van der Waals surface area contributed by atoms with Gasteiger partial charge in [0.05, 0.1) is 6.42 Å². The quantitative estimate of drug-likeness (QED) is 0.630. The zero-order chi connectivity index (χ0) is 19.9. The van der Waals surface area contributed by atoms with Gasteiger partial charge in [0.2, 0.25) is 11.8 Å². The van der Waals surface area contributed by atoms with Gasteiger partial charge in [-0.15, -0.1) is 0 Å². The summed E-state index contributed by atoms with van der Waals surface area (Å²) >= 11 is 0. The van der Waals surface area contributed by atoms with Crippen molar-refractivity contribution in [3.8, 4) is 0 Å². The molecule has 0 radical (unpaired) electrons. The second kappa shape index (κ2) is 9.17. The van der Waals surface area contributed by atoms with Crippen LogP contribution < -0.4 is 5.32 Å². The molecule has 0 unspecified atom stereocenters. The van der Waals surface area contributed by atoms with Crippen LogP contribution in [-0.4, -0.2) is 41.3 Å². The minimum Gasteiger partial charge on any atom is -0.361 e. The first-order chi connectivity index (χ1) is 13.5. The van der Waals surface area contributed by atoms with Crippen molar-refractivity contribution in [3.05, 3.63) is 71.7 Å². The van der Waals surface area contributed by atoms with Gasteiger partial charge in [0.15, 0.2) is 0 Å². The lowest BCUT2D eigenvalue weighted by Crippen LogP contribution is -2.39. The lowest BCUT2D eigenvalue weighted by Gasteiger charge is -2.21. The van der Waals surface area contributed by atoms with E-state index in [1.165, 1.54) is 30.0 Å². The maximum Gasteiger partial charge on any atom is 0.224 e. The monoisotopic (exact) mass is 381 g/mol. The van der Waals surface area contributed by atoms with Gasteiger partial charge in [-0.05, 0) is 35.7 Å². The van der Waals surface area contributed by atoms with E-state index in [0.717, 1.165) is 17.5 Å². The van der Waals surface area contributed by atoms with E-state index < -0.39 is 0 Å². The molecule has 1 heterocycles. The summed E-state index contributed by atoms with van der Waals surface area (Å²) < 4.78 is 12.9. The molecule has 1 aromatic heterocycles. The first-order valence-corrected chi connectivity index (χ1v) is 9.34. The van der Waals surface area contributed by atoms with E-state index in [2.05, 4.69) is 16.4 Å². The molecule has 2 aromatic carbocycles. The predicted octanol–water partition coefficient (Wildman–Crippen LogP) is 3.06. The Hall–Kier alpha value is -3.15. The number of aromatic amines is 1. The molecule has 0 aliphatic carbocycles. The van der Waals surface area contributed by atoms with Gasteiger partial charge in [0.25, 0.3) is 0 Å². The topological polar surface area (TPSA) is 65.2 Å². The van der Waals surface area contributed by atoms with Gasteiger partial charge in [-0.25, -0.2) is 4.39 Å². The SMILES string of the molecule is CC(=O)N(CCNC(=O)Cc1ccc(F)cc1)CCc1c[nH]c2ccccc12. The van der Waals surface area contributed by atoms with Crippen LogP contribution in [0, 0.1) is 5.82 Å². The number of aromatic nitrogens is 1. The molecule has 0 aliphatic heterocycles. The molecule has 0 saturated heterocycles. The van der Waals surface area contributed by atoms with Crippen molar-refractivity contribution < 1.29 is 14.0 Å². The number of hydrogen-bond acceptors (Lipinski definition) is 2. The Balaban J connectivity index is 1.47. The summed E-state index contributed by atoms with van der Waals surface area (Å²) in [5.41, 5.74) is 3.00. The third kappa shape index (κ3) is 5.19. The number of amides is 2. The van der Waals surface area contributed by atoms with Crippen LogP contribution in [0.5, 0.6) is 0 Å². The highest BCUT2D eigenvalue weighted by atomic mass is 19.1. The van der Waals surface area contributed by atoms with Crippen molar-refractivity contribution in [1.82, 2.24) is 15.2 Å². The highest BCUT2D eigenvalue weighted by Gasteiger charge is 2.11. The van der Waals surface area contributed by atoms with Gasteiger partial charge in [0, 0.05) is 43.7 Å². The van der Waals surface area contributed by atoms with Crippen molar-refractivity contribution >= 4 is 22.7 Å². The van der Waals surface area contributed by atoms with Gasteiger partial charge in [-0.1, -0.05) is 30.3 Å². The summed E-state index contributed by atoms with van der Waals surface area (Å²) in [5, 5.41) is 3.99. The van der Waals surface area contributed by atoms with Crippen LogP contribution >= 0.6 is 0 Å². The van der Waals surface area contributed by atoms with E-state index in [4.69, 9.17) is 0 Å². The zero-order valence-corrected chi connectivity index (χ0v) is 15.9. The fourth-order valence-corrected chi connectivity index (χ4v) is 3.20. The van der Waals surface area contributed by atoms with Crippen molar-refractivity contribution in [2.24, 2.45) is 0 Å². The molecule has 3 aromatic rings. The number of nitrogens with one attached hydrogen (secondary N) is 2. The smallest absolute Gasteiger partial charge is 0.224 e. The number of hydrogen-bond donors (Lipinski definition) is 2.